The minimum Gasteiger partial charge on any atom is -0.465 e. The normalized spacial score (nSPS) is 18.9. The van der Waals surface area contributed by atoms with Crippen LogP contribution in [0.2, 0.25) is 0 Å². The van der Waals surface area contributed by atoms with Crippen LogP contribution < -0.4 is 5.32 Å². The van der Waals surface area contributed by atoms with Crippen LogP contribution in [0.25, 0.3) is 11.3 Å². The zero-order chi connectivity index (χ0) is 22.6. The first-order valence-electron chi connectivity index (χ1n) is 10.4. The van der Waals surface area contributed by atoms with Crippen molar-refractivity contribution in [3.8, 4) is 11.3 Å². The molecule has 0 unspecified atom stereocenters. The van der Waals surface area contributed by atoms with E-state index in [0.29, 0.717) is 29.9 Å². The van der Waals surface area contributed by atoms with E-state index in [1.54, 1.807) is 18.2 Å². The zero-order valence-electron chi connectivity index (χ0n) is 18.3. The smallest absolute Gasteiger partial charge is 0.337 e. The lowest BCUT2D eigenvalue weighted by Crippen LogP contribution is -2.34. The Labute approximate surface area is 181 Å². The van der Waals surface area contributed by atoms with Crippen molar-refractivity contribution in [2.24, 2.45) is 5.92 Å². The summed E-state index contributed by atoms with van der Waals surface area (Å²) in [5.41, 5.74) is 0.383. The molecule has 0 atom stereocenters. The lowest BCUT2D eigenvalue weighted by molar-refractivity contribution is -0.161. The van der Waals surface area contributed by atoms with Gasteiger partial charge in [0.05, 0.1) is 24.8 Å². The Hall–Kier alpha value is -3.03. The average Bonchev–Trinajstić information content (AvgIpc) is 2.74. The maximum atomic E-state index is 14.4. The van der Waals surface area contributed by atoms with Gasteiger partial charge in [-0.3, -0.25) is 4.79 Å². The number of carbonyl (C=O) groups is 2. The van der Waals surface area contributed by atoms with Crippen LogP contribution in [-0.2, 0) is 14.3 Å². The van der Waals surface area contributed by atoms with E-state index in [9.17, 15) is 14.0 Å². The van der Waals surface area contributed by atoms with Crippen molar-refractivity contribution in [3.63, 3.8) is 0 Å². The number of esters is 2. The molecule has 8 heteroatoms. The number of hydrogen-bond donors (Lipinski definition) is 1. The molecule has 1 aliphatic carbocycles. The highest BCUT2D eigenvalue weighted by Crippen LogP contribution is 2.29. The maximum absolute atomic E-state index is 14.4. The number of rotatable bonds is 5. The summed E-state index contributed by atoms with van der Waals surface area (Å²) in [5.74, 6) is -1.04. The van der Waals surface area contributed by atoms with Crippen molar-refractivity contribution in [1.29, 1.82) is 0 Å². The van der Waals surface area contributed by atoms with E-state index >= 15 is 0 Å². The summed E-state index contributed by atoms with van der Waals surface area (Å²) in [5, 5.41) is 3.24. The second kappa shape index (κ2) is 9.41. The molecule has 166 valence electrons. The Bertz CT molecular complexity index is 950. The van der Waals surface area contributed by atoms with Crippen molar-refractivity contribution in [2.45, 2.75) is 58.1 Å². The molecule has 1 aromatic heterocycles. The summed E-state index contributed by atoms with van der Waals surface area (Å²) in [6.45, 7) is 5.59. The molecule has 0 spiro atoms. The van der Waals surface area contributed by atoms with Crippen molar-refractivity contribution >= 4 is 17.9 Å². The van der Waals surface area contributed by atoms with Crippen LogP contribution >= 0.6 is 0 Å². The summed E-state index contributed by atoms with van der Waals surface area (Å²) >= 11 is 0. The Morgan fingerprint density at radius 1 is 1.16 bits per heavy atom. The molecule has 0 aliphatic heterocycles. The lowest BCUT2D eigenvalue weighted by atomic mass is 9.86. The summed E-state index contributed by atoms with van der Waals surface area (Å²) < 4.78 is 24.6. The molecule has 1 fully saturated rings. The molecule has 1 heterocycles. The third-order valence-electron chi connectivity index (χ3n) is 5.10. The molecular formula is C23H28FN3O4. The Balaban J connectivity index is 1.67. The van der Waals surface area contributed by atoms with Gasteiger partial charge in [-0.1, -0.05) is 12.1 Å². The van der Waals surface area contributed by atoms with Crippen LogP contribution in [0, 0.1) is 11.7 Å². The number of methoxy groups -OCH3 is 1. The van der Waals surface area contributed by atoms with E-state index in [4.69, 9.17) is 9.47 Å². The molecule has 2 aromatic rings. The van der Waals surface area contributed by atoms with Gasteiger partial charge >= 0.3 is 11.9 Å². The molecule has 1 aromatic carbocycles. The third kappa shape index (κ3) is 5.99. The van der Waals surface area contributed by atoms with Crippen LogP contribution in [0.4, 0.5) is 10.3 Å². The molecule has 1 aliphatic rings. The highest BCUT2D eigenvalue weighted by Gasteiger charge is 2.30. The third-order valence-corrected chi connectivity index (χ3v) is 5.10. The molecule has 0 bridgehead atoms. The maximum Gasteiger partial charge on any atom is 0.337 e. The van der Waals surface area contributed by atoms with Crippen LogP contribution in [-0.4, -0.2) is 40.7 Å². The van der Waals surface area contributed by atoms with E-state index in [1.165, 1.54) is 13.2 Å². The highest BCUT2D eigenvalue weighted by atomic mass is 19.1. The standard InChI is InChI=1S/C23H28FN3O4/c1-23(2,3)31-21(29)14-8-10-17(11-9-14)26-22-25-13-18(24)19(27-22)15-6-5-7-16(12-15)20(28)30-4/h5-7,12-14,17H,8-11H2,1-4H3,(H,25,26,27)/t14-,17-. The van der Waals surface area contributed by atoms with Crippen molar-refractivity contribution in [1.82, 2.24) is 9.97 Å². The minimum absolute atomic E-state index is 0.0819. The number of benzene rings is 1. The number of carbonyl (C=O) groups excluding carboxylic acids is 2. The van der Waals surface area contributed by atoms with E-state index in [2.05, 4.69) is 15.3 Å². The highest BCUT2D eigenvalue weighted by molar-refractivity contribution is 5.90. The van der Waals surface area contributed by atoms with Crippen LogP contribution in [0.15, 0.2) is 30.5 Å². The van der Waals surface area contributed by atoms with Gasteiger partial charge < -0.3 is 14.8 Å². The second-order valence-corrected chi connectivity index (χ2v) is 8.69. The molecule has 3 rings (SSSR count). The van der Waals surface area contributed by atoms with Gasteiger partial charge in [0.2, 0.25) is 5.95 Å². The molecular weight excluding hydrogens is 401 g/mol. The van der Waals surface area contributed by atoms with Crippen LogP contribution in [0.5, 0.6) is 0 Å². The number of halogens is 1. The van der Waals surface area contributed by atoms with E-state index in [-0.39, 0.29) is 23.6 Å². The van der Waals surface area contributed by atoms with Gasteiger partial charge in [-0.05, 0) is 58.6 Å². The fourth-order valence-electron chi connectivity index (χ4n) is 3.59. The number of anilines is 1. The molecule has 31 heavy (non-hydrogen) atoms. The number of aromatic nitrogens is 2. The van der Waals surface area contributed by atoms with Gasteiger partial charge in [-0.2, -0.15) is 0 Å². The quantitative estimate of drug-likeness (QED) is 0.705. The lowest BCUT2D eigenvalue weighted by Gasteiger charge is -2.30. The first kappa shape index (κ1) is 22.7. The van der Waals surface area contributed by atoms with E-state index in [1.807, 2.05) is 20.8 Å². The predicted molar refractivity (Wildman–Crippen MR) is 114 cm³/mol. The second-order valence-electron chi connectivity index (χ2n) is 8.69. The number of nitrogens with zero attached hydrogens (tertiary/aromatic N) is 2. The molecule has 0 saturated heterocycles. The summed E-state index contributed by atoms with van der Waals surface area (Å²) in [6.07, 6.45) is 4.06. The van der Waals surface area contributed by atoms with Gasteiger partial charge in [0, 0.05) is 11.6 Å². The summed E-state index contributed by atoms with van der Waals surface area (Å²) in [7, 11) is 1.29. The topological polar surface area (TPSA) is 90.4 Å². The summed E-state index contributed by atoms with van der Waals surface area (Å²) in [6, 6.07) is 6.53. The van der Waals surface area contributed by atoms with Crippen molar-refractivity contribution in [2.75, 3.05) is 12.4 Å². The molecule has 1 saturated carbocycles. The monoisotopic (exact) mass is 429 g/mol. The minimum atomic E-state index is -0.582. The van der Waals surface area contributed by atoms with Crippen LogP contribution in [0.3, 0.4) is 0 Å². The number of hydrogen-bond acceptors (Lipinski definition) is 7. The molecule has 0 amide bonds. The Morgan fingerprint density at radius 2 is 1.87 bits per heavy atom. The molecule has 1 N–H and O–H groups in total. The van der Waals surface area contributed by atoms with Gasteiger partial charge in [-0.25, -0.2) is 19.2 Å². The van der Waals surface area contributed by atoms with Gasteiger partial charge in [-0.15, -0.1) is 0 Å². The Morgan fingerprint density at radius 3 is 2.52 bits per heavy atom. The molecule has 0 radical (unpaired) electrons. The average molecular weight is 429 g/mol. The predicted octanol–water partition coefficient (Wildman–Crippen LogP) is 4.38. The van der Waals surface area contributed by atoms with Crippen LogP contribution in [0.1, 0.15) is 56.8 Å². The van der Waals surface area contributed by atoms with E-state index in [0.717, 1.165) is 19.0 Å². The SMILES string of the molecule is COC(=O)c1cccc(-c2nc(N[C@H]3CC[C@H](C(=O)OC(C)(C)C)CC3)ncc2F)c1. The first-order chi connectivity index (χ1) is 14.7. The summed E-state index contributed by atoms with van der Waals surface area (Å²) in [4.78, 5) is 32.4. The zero-order valence-corrected chi connectivity index (χ0v) is 18.3. The van der Waals surface area contributed by atoms with Gasteiger partial charge in [0.25, 0.3) is 0 Å². The number of nitrogens with one attached hydrogen (secondary N) is 1. The Kier molecular flexibility index (Phi) is 6.87. The number of ether oxygens (including phenoxy) is 2. The van der Waals surface area contributed by atoms with Gasteiger partial charge in [0.15, 0.2) is 5.82 Å². The van der Waals surface area contributed by atoms with Crippen molar-refractivity contribution in [3.05, 3.63) is 41.8 Å². The fourth-order valence-corrected chi connectivity index (χ4v) is 3.59. The first-order valence-corrected chi connectivity index (χ1v) is 10.4. The largest absolute Gasteiger partial charge is 0.465 e. The molecule has 7 nitrogen and oxygen atoms in total. The fraction of sp³-hybridized carbons (Fsp3) is 0.478. The van der Waals surface area contributed by atoms with Crippen molar-refractivity contribution < 1.29 is 23.5 Å². The van der Waals surface area contributed by atoms with Gasteiger partial charge in [0.1, 0.15) is 11.3 Å². The van der Waals surface area contributed by atoms with E-state index < -0.39 is 17.4 Å².